The molecular weight excluding hydrogens is 466 g/mol. The third kappa shape index (κ3) is 5.04. The molecule has 0 unspecified atom stereocenters. The van der Waals surface area contributed by atoms with E-state index in [9.17, 15) is 13.2 Å². The Labute approximate surface area is 206 Å². The number of benzene rings is 1. The molecule has 3 aromatic rings. The number of hydrogen-bond acceptors (Lipinski definition) is 6. The van der Waals surface area contributed by atoms with Crippen molar-refractivity contribution in [2.24, 2.45) is 5.92 Å². The summed E-state index contributed by atoms with van der Waals surface area (Å²) in [5, 5.41) is 11.6. The van der Waals surface area contributed by atoms with Crippen LogP contribution in [0.5, 0.6) is 0 Å². The third-order valence-electron chi connectivity index (χ3n) is 6.37. The van der Waals surface area contributed by atoms with Gasteiger partial charge >= 0.3 is 0 Å². The first-order chi connectivity index (χ1) is 16.4. The smallest absolute Gasteiger partial charge is 0.248 e. The van der Waals surface area contributed by atoms with Crippen LogP contribution in [0.15, 0.2) is 39.8 Å². The molecule has 10 heteroatoms. The van der Waals surface area contributed by atoms with Crippen LogP contribution in [0, 0.1) is 26.7 Å². The van der Waals surface area contributed by atoms with Crippen LogP contribution in [0.25, 0.3) is 5.69 Å². The van der Waals surface area contributed by atoms with Gasteiger partial charge in [-0.2, -0.15) is 9.40 Å². The normalized spacial score (nSPS) is 15.9. The quantitative estimate of drug-likeness (QED) is 0.565. The molecule has 9 nitrogen and oxygen atoms in total. The predicted octanol–water partition coefficient (Wildman–Crippen LogP) is 4.12. The summed E-state index contributed by atoms with van der Waals surface area (Å²) in [5.41, 5.74) is 3.00. The summed E-state index contributed by atoms with van der Waals surface area (Å²) in [6.07, 6.45) is 0.859. The Bertz CT molecular complexity index is 1320. The Kier molecular flexibility index (Phi) is 6.63. The van der Waals surface area contributed by atoms with E-state index in [1.165, 1.54) is 4.31 Å². The maximum atomic E-state index is 13.2. The summed E-state index contributed by atoms with van der Waals surface area (Å²) >= 11 is 0. The molecule has 1 aromatic carbocycles. The molecule has 0 bridgehead atoms. The molecule has 1 N–H and O–H groups in total. The summed E-state index contributed by atoms with van der Waals surface area (Å²) in [7, 11) is -3.72. The number of carbonyl (C=O) groups is 1. The van der Waals surface area contributed by atoms with Crippen molar-refractivity contribution in [1.29, 1.82) is 0 Å². The average Bonchev–Trinajstić information content (AvgIpc) is 3.37. The zero-order chi connectivity index (χ0) is 25.5. The maximum absolute atomic E-state index is 13.2. The Morgan fingerprint density at radius 2 is 1.80 bits per heavy atom. The van der Waals surface area contributed by atoms with Gasteiger partial charge in [-0.3, -0.25) is 4.79 Å². The summed E-state index contributed by atoms with van der Waals surface area (Å²) in [6, 6.07) is 9.87. The summed E-state index contributed by atoms with van der Waals surface area (Å²) in [5.74, 6) is 0.455. The van der Waals surface area contributed by atoms with Crippen molar-refractivity contribution in [2.75, 3.05) is 18.4 Å². The fraction of sp³-hybridized carbons (Fsp3) is 0.480. The molecule has 1 aliphatic heterocycles. The van der Waals surface area contributed by atoms with Crippen LogP contribution in [0.1, 0.15) is 56.3 Å². The van der Waals surface area contributed by atoms with Gasteiger partial charge < -0.3 is 9.84 Å². The van der Waals surface area contributed by atoms with E-state index in [0.717, 1.165) is 16.9 Å². The van der Waals surface area contributed by atoms with Gasteiger partial charge in [-0.05, 0) is 51.3 Å². The Morgan fingerprint density at radius 3 is 2.37 bits per heavy atom. The van der Waals surface area contributed by atoms with E-state index < -0.39 is 10.0 Å². The zero-order valence-corrected chi connectivity index (χ0v) is 21.9. The van der Waals surface area contributed by atoms with Crippen LogP contribution in [0.2, 0.25) is 0 Å². The monoisotopic (exact) mass is 499 g/mol. The summed E-state index contributed by atoms with van der Waals surface area (Å²) in [6.45, 7) is 12.0. The van der Waals surface area contributed by atoms with Gasteiger partial charge in [0.1, 0.15) is 16.4 Å². The molecule has 0 aliphatic carbocycles. The number of hydrogen-bond donors (Lipinski definition) is 1. The lowest BCUT2D eigenvalue weighted by Gasteiger charge is -2.30. The second-order valence-corrected chi connectivity index (χ2v) is 12.1. The highest BCUT2D eigenvalue weighted by Gasteiger charge is 2.35. The minimum atomic E-state index is -3.72. The summed E-state index contributed by atoms with van der Waals surface area (Å²) in [4.78, 5) is 13.3. The number of rotatable bonds is 5. The van der Waals surface area contributed by atoms with Gasteiger partial charge in [-0.1, -0.05) is 38.1 Å². The largest absolute Gasteiger partial charge is 0.360 e. The molecular formula is C25H33N5O4S. The van der Waals surface area contributed by atoms with Crippen molar-refractivity contribution in [3.63, 3.8) is 0 Å². The lowest BCUT2D eigenvalue weighted by Crippen LogP contribution is -2.41. The first-order valence-electron chi connectivity index (χ1n) is 11.8. The van der Waals surface area contributed by atoms with Crippen molar-refractivity contribution < 1.29 is 17.7 Å². The molecule has 4 rings (SSSR count). The van der Waals surface area contributed by atoms with Crippen LogP contribution in [-0.2, 0) is 20.2 Å². The van der Waals surface area contributed by atoms with Crippen molar-refractivity contribution in [3.05, 3.63) is 53.0 Å². The molecule has 1 saturated heterocycles. The van der Waals surface area contributed by atoms with Gasteiger partial charge in [-0.25, -0.2) is 13.1 Å². The van der Waals surface area contributed by atoms with Gasteiger partial charge in [0.15, 0.2) is 5.76 Å². The second-order valence-electron chi connectivity index (χ2n) is 10.2. The van der Waals surface area contributed by atoms with Gasteiger partial charge in [0.2, 0.25) is 15.9 Å². The maximum Gasteiger partial charge on any atom is 0.248 e. The number of piperidine rings is 1. The van der Waals surface area contributed by atoms with Gasteiger partial charge in [0.05, 0.1) is 11.4 Å². The number of anilines is 1. The minimum absolute atomic E-state index is 0.122. The van der Waals surface area contributed by atoms with E-state index >= 15 is 0 Å². The predicted molar refractivity (Wildman–Crippen MR) is 133 cm³/mol. The molecule has 35 heavy (non-hydrogen) atoms. The van der Waals surface area contributed by atoms with Crippen molar-refractivity contribution in [2.45, 2.75) is 64.7 Å². The van der Waals surface area contributed by atoms with Crippen molar-refractivity contribution >= 4 is 21.7 Å². The first-order valence-corrected chi connectivity index (χ1v) is 13.2. The molecule has 0 saturated carbocycles. The number of nitrogens with zero attached hydrogens (tertiary/aromatic N) is 4. The van der Waals surface area contributed by atoms with Crippen LogP contribution in [0.4, 0.5) is 5.82 Å². The van der Waals surface area contributed by atoms with Gasteiger partial charge in [0.25, 0.3) is 0 Å². The zero-order valence-electron chi connectivity index (χ0n) is 21.1. The second kappa shape index (κ2) is 9.23. The number of carbonyl (C=O) groups excluding carboxylic acids is 1. The van der Waals surface area contributed by atoms with Gasteiger partial charge in [-0.15, -0.1) is 0 Å². The fourth-order valence-corrected chi connectivity index (χ4v) is 6.11. The number of nitrogens with one attached hydrogen (secondary N) is 1. The van der Waals surface area contributed by atoms with E-state index in [0.29, 0.717) is 24.4 Å². The van der Waals surface area contributed by atoms with Crippen molar-refractivity contribution in [3.8, 4) is 5.69 Å². The van der Waals surface area contributed by atoms with Crippen LogP contribution in [0.3, 0.4) is 0 Å². The van der Waals surface area contributed by atoms with E-state index in [1.54, 1.807) is 18.5 Å². The van der Waals surface area contributed by atoms with Crippen LogP contribution < -0.4 is 5.32 Å². The van der Waals surface area contributed by atoms with E-state index in [-0.39, 0.29) is 41.0 Å². The molecule has 2 aromatic heterocycles. The molecule has 0 radical (unpaired) electrons. The first kappa shape index (κ1) is 25.1. The Balaban J connectivity index is 1.51. The van der Waals surface area contributed by atoms with Crippen LogP contribution >= 0.6 is 0 Å². The molecule has 188 valence electrons. The highest BCUT2D eigenvalue weighted by atomic mass is 32.2. The molecule has 1 amide bonds. The minimum Gasteiger partial charge on any atom is -0.360 e. The number of sulfonamides is 1. The molecule has 1 aliphatic rings. The average molecular weight is 500 g/mol. The molecule has 0 atom stereocenters. The molecule has 1 fully saturated rings. The lowest BCUT2D eigenvalue weighted by atomic mass is 9.92. The Morgan fingerprint density at radius 1 is 1.11 bits per heavy atom. The Hall–Kier alpha value is -2.98. The SMILES string of the molecule is Cc1cccc(-n2nc(C(C)(C)C)cc2NC(=O)C2CCN(S(=O)(=O)c3c(C)noc3C)CC2)c1. The van der Waals surface area contributed by atoms with E-state index in [2.05, 4.69) is 31.2 Å². The molecule has 0 spiro atoms. The van der Waals surface area contributed by atoms with Gasteiger partial charge in [0, 0.05) is 30.5 Å². The number of aryl methyl sites for hydroxylation is 3. The fourth-order valence-electron chi connectivity index (χ4n) is 4.35. The topological polar surface area (TPSA) is 110 Å². The molecule has 3 heterocycles. The highest BCUT2D eigenvalue weighted by Crippen LogP contribution is 2.30. The summed E-state index contributed by atoms with van der Waals surface area (Å²) < 4.78 is 34.4. The van der Waals surface area contributed by atoms with Crippen molar-refractivity contribution in [1.82, 2.24) is 19.2 Å². The third-order valence-corrected chi connectivity index (χ3v) is 8.51. The van der Waals surface area contributed by atoms with Crippen LogP contribution in [-0.4, -0.2) is 46.7 Å². The highest BCUT2D eigenvalue weighted by molar-refractivity contribution is 7.89. The van der Waals surface area contributed by atoms with E-state index in [1.807, 2.05) is 37.3 Å². The standard InChI is InChI=1S/C25H33N5O4S/c1-16-8-7-9-20(14-16)30-22(15-21(27-30)25(4,5)6)26-24(31)19-10-12-29(13-11-19)35(32,33)23-17(2)28-34-18(23)3/h7-9,14-15,19H,10-13H2,1-6H3,(H,26,31). The number of aromatic nitrogens is 3. The lowest BCUT2D eigenvalue weighted by molar-refractivity contribution is -0.120. The van der Waals surface area contributed by atoms with E-state index in [4.69, 9.17) is 9.62 Å². The number of amides is 1.